The van der Waals surface area contributed by atoms with Crippen molar-refractivity contribution in [2.24, 2.45) is 0 Å². The smallest absolute Gasteiger partial charge is 0.125 e. The zero-order chi connectivity index (χ0) is 13.4. The van der Waals surface area contributed by atoms with Gasteiger partial charge in [0.25, 0.3) is 0 Å². The molecule has 1 aromatic carbocycles. The van der Waals surface area contributed by atoms with E-state index in [0.29, 0.717) is 6.61 Å². The molecule has 0 fully saturated rings. The van der Waals surface area contributed by atoms with Gasteiger partial charge in [-0.15, -0.1) is 0 Å². The normalized spacial score (nSPS) is 10.7. The summed E-state index contributed by atoms with van der Waals surface area (Å²) in [5.74, 6) is 0.936. The van der Waals surface area contributed by atoms with Gasteiger partial charge in [-0.25, -0.2) is 0 Å². The molecule has 1 N–H and O–H groups in total. The van der Waals surface area contributed by atoms with Crippen LogP contribution < -0.4 is 10.1 Å². The molecule has 0 aliphatic rings. The van der Waals surface area contributed by atoms with E-state index in [9.17, 15) is 0 Å². The topological polar surface area (TPSA) is 30.5 Å². The van der Waals surface area contributed by atoms with Crippen molar-refractivity contribution in [3.63, 3.8) is 0 Å². The molecule has 0 unspecified atom stereocenters. The Balaban J connectivity index is 2.27. The Bertz CT molecular complexity index is 346. The van der Waals surface area contributed by atoms with Crippen LogP contribution >= 0.6 is 11.6 Å². The maximum absolute atomic E-state index is 5.97. The highest BCUT2D eigenvalue weighted by molar-refractivity contribution is 6.30. The van der Waals surface area contributed by atoms with E-state index in [1.807, 2.05) is 32.9 Å². The Morgan fingerprint density at radius 2 is 1.72 bits per heavy atom. The molecule has 0 aliphatic carbocycles. The fraction of sp³-hybridized carbons (Fsp3) is 0.571. The molecule has 0 radical (unpaired) electrons. The molecule has 0 aromatic heterocycles. The Hall–Kier alpha value is -0.770. The van der Waals surface area contributed by atoms with Gasteiger partial charge in [-0.3, -0.25) is 0 Å². The van der Waals surface area contributed by atoms with Crippen LogP contribution in [0.4, 0.5) is 0 Å². The van der Waals surface area contributed by atoms with Crippen LogP contribution in [0.5, 0.6) is 5.75 Å². The number of ether oxygens (including phenoxy) is 2. The Morgan fingerprint density at radius 1 is 1.11 bits per heavy atom. The number of aryl methyl sites for hydroxylation is 2. The minimum absolute atomic E-state index is 0.648. The lowest BCUT2D eigenvalue weighted by molar-refractivity contribution is 0.148. The number of rotatable bonds is 8. The van der Waals surface area contributed by atoms with E-state index in [4.69, 9.17) is 21.1 Å². The Kier molecular flexibility index (Phi) is 7.09. The molecular formula is C14H22ClNO2. The van der Waals surface area contributed by atoms with Crippen LogP contribution in [0.3, 0.4) is 0 Å². The minimum Gasteiger partial charge on any atom is -0.492 e. The van der Waals surface area contributed by atoms with Gasteiger partial charge in [0.05, 0.1) is 6.61 Å². The molecule has 3 nitrogen and oxygen atoms in total. The molecule has 1 aromatic rings. The summed E-state index contributed by atoms with van der Waals surface area (Å²) in [4.78, 5) is 0. The first-order valence-corrected chi connectivity index (χ1v) is 6.71. The summed E-state index contributed by atoms with van der Waals surface area (Å²) in [6.07, 6.45) is 0. The van der Waals surface area contributed by atoms with Crippen molar-refractivity contribution in [3.8, 4) is 5.75 Å². The van der Waals surface area contributed by atoms with Crippen LogP contribution in [0.15, 0.2) is 12.1 Å². The van der Waals surface area contributed by atoms with Crippen molar-refractivity contribution in [2.45, 2.75) is 20.8 Å². The number of halogens is 1. The highest BCUT2D eigenvalue weighted by Crippen LogP contribution is 2.26. The monoisotopic (exact) mass is 271 g/mol. The first-order valence-electron chi connectivity index (χ1n) is 6.33. The average molecular weight is 272 g/mol. The van der Waals surface area contributed by atoms with Crippen molar-refractivity contribution in [3.05, 3.63) is 28.3 Å². The van der Waals surface area contributed by atoms with Gasteiger partial charge in [-0.05, 0) is 44.0 Å². The summed E-state index contributed by atoms with van der Waals surface area (Å²) in [5, 5.41) is 4.02. The minimum atomic E-state index is 0.648. The highest BCUT2D eigenvalue weighted by Gasteiger charge is 2.05. The van der Waals surface area contributed by atoms with Crippen molar-refractivity contribution in [1.29, 1.82) is 0 Å². The number of hydrogen-bond donors (Lipinski definition) is 1. The molecule has 0 saturated carbocycles. The van der Waals surface area contributed by atoms with Crippen molar-refractivity contribution in [1.82, 2.24) is 5.32 Å². The summed E-state index contributed by atoms with van der Waals surface area (Å²) in [6, 6.07) is 3.85. The molecule has 0 aliphatic heterocycles. The molecule has 0 heterocycles. The second kappa shape index (κ2) is 8.35. The highest BCUT2D eigenvalue weighted by atomic mass is 35.5. The third kappa shape index (κ3) is 5.25. The predicted octanol–water partition coefficient (Wildman–Crippen LogP) is 2.96. The summed E-state index contributed by atoms with van der Waals surface area (Å²) in [5.41, 5.74) is 2.16. The van der Waals surface area contributed by atoms with Gasteiger partial charge in [0, 0.05) is 24.7 Å². The molecule has 0 atom stereocenters. The van der Waals surface area contributed by atoms with E-state index in [2.05, 4.69) is 5.32 Å². The summed E-state index contributed by atoms with van der Waals surface area (Å²) < 4.78 is 11.0. The maximum Gasteiger partial charge on any atom is 0.125 e. The molecule has 18 heavy (non-hydrogen) atoms. The zero-order valence-electron chi connectivity index (χ0n) is 11.4. The number of hydrogen-bond acceptors (Lipinski definition) is 3. The van der Waals surface area contributed by atoms with E-state index in [0.717, 1.165) is 48.2 Å². The lowest BCUT2D eigenvalue weighted by atomic mass is 10.1. The predicted molar refractivity (Wildman–Crippen MR) is 75.8 cm³/mol. The second-order valence-electron chi connectivity index (χ2n) is 4.16. The van der Waals surface area contributed by atoms with Crippen LogP contribution in [0, 0.1) is 13.8 Å². The summed E-state index contributed by atoms with van der Waals surface area (Å²) in [7, 11) is 0. The lowest BCUT2D eigenvalue weighted by Crippen LogP contribution is -2.25. The number of benzene rings is 1. The van der Waals surface area contributed by atoms with Crippen LogP contribution in [0.2, 0.25) is 5.02 Å². The average Bonchev–Trinajstić information content (AvgIpc) is 2.30. The van der Waals surface area contributed by atoms with Gasteiger partial charge in [0.2, 0.25) is 0 Å². The lowest BCUT2D eigenvalue weighted by Gasteiger charge is -2.13. The van der Waals surface area contributed by atoms with Gasteiger partial charge in [0.1, 0.15) is 12.4 Å². The molecule has 0 amide bonds. The van der Waals surface area contributed by atoms with Crippen LogP contribution in [0.1, 0.15) is 18.1 Å². The maximum atomic E-state index is 5.97. The van der Waals surface area contributed by atoms with Gasteiger partial charge in [0.15, 0.2) is 0 Å². The molecule has 0 saturated heterocycles. The molecule has 1 rings (SSSR count). The molecular weight excluding hydrogens is 250 g/mol. The Labute approximate surface area is 114 Å². The first kappa shape index (κ1) is 15.3. The second-order valence-corrected chi connectivity index (χ2v) is 4.60. The zero-order valence-corrected chi connectivity index (χ0v) is 12.1. The van der Waals surface area contributed by atoms with E-state index in [1.165, 1.54) is 0 Å². The van der Waals surface area contributed by atoms with Gasteiger partial charge < -0.3 is 14.8 Å². The van der Waals surface area contributed by atoms with E-state index >= 15 is 0 Å². The number of nitrogens with one attached hydrogen (secondary N) is 1. The van der Waals surface area contributed by atoms with Crippen LogP contribution in [-0.4, -0.2) is 32.9 Å². The van der Waals surface area contributed by atoms with E-state index < -0.39 is 0 Å². The first-order chi connectivity index (χ1) is 8.65. The Morgan fingerprint density at radius 3 is 2.33 bits per heavy atom. The van der Waals surface area contributed by atoms with Crippen molar-refractivity contribution < 1.29 is 9.47 Å². The molecule has 4 heteroatoms. The SMILES string of the molecule is CCOCCNCCOc1c(C)cc(Cl)cc1C. The summed E-state index contributed by atoms with van der Waals surface area (Å²) in [6.45, 7) is 9.85. The fourth-order valence-corrected chi connectivity index (χ4v) is 2.09. The molecule has 0 bridgehead atoms. The van der Waals surface area contributed by atoms with Crippen LogP contribution in [-0.2, 0) is 4.74 Å². The van der Waals surface area contributed by atoms with E-state index in [-0.39, 0.29) is 0 Å². The molecule has 0 spiro atoms. The van der Waals surface area contributed by atoms with Crippen molar-refractivity contribution in [2.75, 3.05) is 32.9 Å². The fourth-order valence-electron chi connectivity index (χ4n) is 1.76. The van der Waals surface area contributed by atoms with Crippen LogP contribution in [0.25, 0.3) is 0 Å². The summed E-state index contributed by atoms with van der Waals surface area (Å²) >= 11 is 5.97. The largest absolute Gasteiger partial charge is 0.492 e. The van der Waals surface area contributed by atoms with Gasteiger partial charge in [-0.1, -0.05) is 11.6 Å². The standard InChI is InChI=1S/C14H22ClNO2/c1-4-17-7-5-16-6-8-18-14-11(2)9-13(15)10-12(14)3/h9-10,16H,4-8H2,1-3H3. The third-order valence-corrected chi connectivity index (χ3v) is 2.80. The molecule has 102 valence electrons. The van der Waals surface area contributed by atoms with Crippen molar-refractivity contribution >= 4 is 11.6 Å². The quantitative estimate of drug-likeness (QED) is 0.738. The van der Waals surface area contributed by atoms with Gasteiger partial charge in [-0.2, -0.15) is 0 Å². The third-order valence-electron chi connectivity index (χ3n) is 2.58. The van der Waals surface area contributed by atoms with Gasteiger partial charge >= 0.3 is 0 Å². The van der Waals surface area contributed by atoms with E-state index in [1.54, 1.807) is 0 Å².